The fraction of sp³-hybridized carbons (Fsp3) is 0.316. The van der Waals surface area contributed by atoms with Gasteiger partial charge in [-0.1, -0.05) is 18.2 Å². The fourth-order valence-corrected chi connectivity index (χ4v) is 4.48. The third-order valence-electron chi connectivity index (χ3n) is 4.32. The molecule has 1 N–H and O–H groups in total. The summed E-state index contributed by atoms with van der Waals surface area (Å²) >= 11 is 0. The molecule has 0 saturated carbocycles. The zero-order valence-electron chi connectivity index (χ0n) is 14.9. The molecule has 1 heterocycles. The number of anilines is 2. The molecule has 0 aliphatic carbocycles. The van der Waals surface area contributed by atoms with Crippen LogP contribution in [-0.4, -0.2) is 33.2 Å². The normalized spacial score (nSPS) is 15.7. The van der Waals surface area contributed by atoms with Gasteiger partial charge in [-0.15, -0.1) is 0 Å². The first-order valence-electron chi connectivity index (χ1n) is 8.46. The lowest BCUT2D eigenvalue weighted by atomic mass is 10.1. The molecule has 0 bridgehead atoms. The Morgan fingerprint density at radius 3 is 2.58 bits per heavy atom. The Hall–Kier alpha value is -2.54. The summed E-state index contributed by atoms with van der Waals surface area (Å²) in [5.74, 6) is 0.590. The van der Waals surface area contributed by atoms with E-state index in [0.717, 1.165) is 11.1 Å². The largest absolute Gasteiger partial charge is 0.483 e. The predicted molar refractivity (Wildman–Crippen MR) is 102 cm³/mol. The van der Waals surface area contributed by atoms with Crippen molar-refractivity contribution in [1.29, 1.82) is 0 Å². The van der Waals surface area contributed by atoms with Crippen LogP contribution in [0, 0.1) is 13.8 Å². The fourth-order valence-electron chi connectivity index (χ4n) is 2.92. The minimum absolute atomic E-state index is 0.0907. The van der Waals surface area contributed by atoms with Crippen molar-refractivity contribution in [3.8, 4) is 5.75 Å². The van der Waals surface area contributed by atoms with Crippen LogP contribution in [0.15, 0.2) is 42.5 Å². The van der Waals surface area contributed by atoms with Gasteiger partial charge in [0.05, 0.1) is 11.4 Å². The molecule has 0 atom stereocenters. The van der Waals surface area contributed by atoms with Gasteiger partial charge in [-0.25, -0.2) is 8.42 Å². The number of para-hydroxylation sites is 1. The zero-order chi connectivity index (χ0) is 18.7. The molecule has 1 amide bonds. The van der Waals surface area contributed by atoms with Crippen LogP contribution in [0.5, 0.6) is 5.75 Å². The summed E-state index contributed by atoms with van der Waals surface area (Å²) in [6.45, 7) is 4.16. The second-order valence-corrected chi connectivity index (χ2v) is 8.36. The summed E-state index contributed by atoms with van der Waals surface area (Å²) < 4.78 is 31.0. The number of hydrogen-bond acceptors (Lipinski definition) is 4. The molecule has 0 spiro atoms. The van der Waals surface area contributed by atoms with Crippen LogP contribution in [0.2, 0.25) is 0 Å². The van der Waals surface area contributed by atoms with Crippen LogP contribution in [0.1, 0.15) is 17.5 Å². The maximum absolute atomic E-state index is 12.2. The maximum Gasteiger partial charge on any atom is 0.262 e. The molecule has 1 fully saturated rings. The van der Waals surface area contributed by atoms with Crippen molar-refractivity contribution in [1.82, 2.24) is 0 Å². The second-order valence-electron chi connectivity index (χ2n) is 6.34. The molecular formula is C19H22N2O4S. The highest BCUT2D eigenvalue weighted by molar-refractivity contribution is 7.93. The molecule has 1 aliphatic heterocycles. The van der Waals surface area contributed by atoms with E-state index in [0.29, 0.717) is 30.1 Å². The Morgan fingerprint density at radius 1 is 1.15 bits per heavy atom. The Labute approximate surface area is 153 Å². The number of sulfonamides is 1. The van der Waals surface area contributed by atoms with Crippen molar-refractivity contribution < 1.29 is 17.9 Å². The molecule has 0 radical (unpaired) electrons. The van der Waals surface area contributed by atoms with E-state index in [2.05, 4.69) is 5.32 Å². The Bertz CT molecular complexity index is 925. The first kappa shape index (κ1) is 18.3. The van der Waals surface area contributed by atoms with Gasteiger partial charge in [0.15, 0.2) is 6.61 Å². The van der Waals surface area contributed by atoms with E-state index in [1.807, 2.05) is 38.1 Å². The molecule has 26 heavy (non-hydrogen) atoms. The summed E-state index contributed by atoms with van der Waals surface area (Å²) in [5.41, 5.74) is 3.04. The first-order chi connectivity index (χ1) is 12.4. The minimum Gasteiger partial charge on any atom is -0.483 e. The Kier molecular flexibility index (Phi) is 5.18. The molecule has 1 saturated heterocycles. The number of nitrogens with one attached hydrogen (secondary N) is 1. The van der Waals surface area contributed by atoms with Gasteiger partial charge in [0.2, 0.25) is 10.0 Å². The summed E-state index contributed by atoms with van der Waals surface area (Å²) in [7, 11) is -3.21. The Balaban J connectivity index is 1.65. The third kappa shape index (κ3) is 3.99. The van der Waals surface area contributed by atoms with E-state index in [1.54, 1.807) is 18.2 Å². The zero-order valence-corrected chi connectivity index (χ0v) is 15.7. The number of rotatable bonds is 5. The van der Waals surface area contributed by atoms with E-state index in [1.165, 1.54) is 4.31 Å². The first-order valence-corrected chi connectivity index (χ1v) is 10.1. The highest BCUT2D eigenvalue weighted by atomic mass is 32.2. The lowest BCUT2D eigenvalue weighted by Crippen LogP contribution is -2.25. The van der Waals surface area contributed by atoms with Crippen LogP contribution < -0.4 is 14.4 Å². The summed E-state index contributed by atoms with van der Waals surface area (Å²) in [6.07, 6.45) is 0.635. The monoisotopic (exact) mass is 374 g/mol. The number of benzene rings is 2. The van der Waals surface area contributed by atoms with E-state index in [9.17, 15) is 13.2 Å². The minimum atomic E-state index is -3.21. The maximum atomic E-state index is 12.2. The number of aryl methyl sites for hydroxylation is 2. The summed E-state index contributed by atoms with van der Waals surface area (Å²) in [6, 6.07) is 12.7. The Morgan fingerprint density at radius 2 is 1.92 bits per heavy atom. The average molecular weight is 374 g/mol. The SMILES string of the molecule is Cc1cc(N2CCCS2(=O)=O)ccc1NC(=O)COc1ccccc1C. The van der Waals surface area contributed by atoms with Crippen molar-refractivity contribution >= 4 is 27.3 Å². The molecule has 6 nitrogen and oxygen atoms in total. The van der Waals surface area contributed by atoms with Crippen molar-refractivity contribution in [2.75, 3.05) is 28.5 Å². The number of hydrogen-bond donors (Lipinski definition) is 1. The van der Waals surface area contributed by atoms with Gasteiger partial charge >= 0.3 is 0 Å². The standard InChI is InChI=1S/C19H22N2O4S/c1-14-6-3-4-7-18(14)25-13-19(22)20-17-9-8-16(12-15(17)2)21-10-5-11-26(21,23)24/h3-4,6-9,12H,5,10-11,13H2,1-2H3,(H,20,22). The van der Waals surface area contributed by atoms with E-state index < -0.39 is 10.0 Å². The molecule has 3 rings (SSSR count). The quantitative estimate of drug-likeness (QED) is 0.873. The van der Waals surface area contributed by atoms with Gasteiger partial charge < -0.3 is 10.1 Å². The number of carbonyl (C=O) groups excluding carboxylic acids is 1. The van der Waals surface area contributed by atoms with Gasteiger partial charge in [-0.2, -0.15) is 0 Å². The molecule has 2 aromatic rings. The number of carbonyl (C=O) groups is 1. The van der Waals surface area contributed by atoms with Crippen molar-refractivity contribution in [2.24, 2.45) is 0 Å². The number of ether oxygens (including phenoxy) is 1. The van der Waals surface area contributed by atoms with E-state index in [-0.39, 0.29) is 18.3 Å². The van der Waals surface area contributed by atoms with Crippen molar-refractivity contribution in [3.63, 3.8) is 0 Å². The van der Waals surface area contributed by atoms with Crippen LogP contribution in [0.4, 0.5) is 11.4 Å². The van der Waals surface area contributed by atoms with Gasteiger partial charge in [0, 0.05) is 12.2 Å². The van der Waals surface area contributed by atoms with Gasteiger partial charge in [-0.05, 0) is 55.7 Å². The lowest BCUT2D eigenvalue weighted by molar-refractivity contribution is -0.118. The molecule has 7 heteroatoms. The lowest BCUT2D eigenvalue weighted by Gasteiger charge is -2.18. The second kappa shape index (κ2) is 7.37. The van der Waals surface area contributed by atoms with Crippen LogP contribution in [0.25, 0.3) is 0 Å². The summed E-state index contributed by atoms with van der Waals surface area (Å²) in [5, 5.41) is 2.81. The average Bonchev–Trinajstić information content (AvgIpc) is 2.95. The number of nitrogens with zero attached hydrogens (tertiary/aromatic N) is 1. The topological polar surface area (TPSA) is 75.7 Å². The van der Waals surface area contributed by atoms with Crippen molar-refractivity contribution in [2.45, 2.75) is 20.3 Å². The molecule has 1 aliphatic rings. The molecule has 0 aromatic heterocycles. The molecular weight excluding hydrogens is 352 g/mol. The van der Waals surface area contributed by atoms with Gasteiger partial charge in [0.1, 0.15) is 5.75 Å². The molecule has 0 unspecified atom stereocenters. The highest BCUT2D eigenvalue weighted by Crippen LogP contribution is 2.28. The van der Waals surface area contributed by atoms with E-state index in [4.69, 9.17) is 4.74 Å². The molecule has 138 valence electrons. The highest BCUT2D eigenvalue weighted by Gasteiger charge is 2.28. The number of amides is 1. The van der Waals surface area contributed by atoms with Gasteiger partial charge in [-0.3, -0.25) is 9.10 Å². The van der Waals surface area contributed by atoms with E-state index >= 15 is 0 Å². The third-order valence-corrected chi connectivity index (χ3v) is 6.19. The van der Waals surface area contributed by atoms with Crippen LogP contribution in [-0.2, 0) is 14.8 Å². The van der Waals surface area contributed by atoms with Gasteiger partial charge in [0.25, 0.3) is 5.91 Å². The smallest absolute Gasteiger partial charge is 0.262 e. The van der Waals surface area contributed by atoms with Crippen LogP contribution >= 0.6 is 0 Å². The molecule has 2 aromatic carbocycles. The van der Waals surface area contributed by atoms with Crippen molar-refractivity contribution in [3.05, 3.63) is 53.6 Å². The summed E-state index contributed by atoms with van der Waals surface area (Å²) in [4.78, 5) is 12.2. The van der Waals surface area contributed by atoms with Crippen LogP contribution in [0.3, 0.4) is 0 Å². The predicted octanol–water partition coefficient (Wildman–Crippen LogP) is 2.86.